The Kier molecular flexibility index (Phi) is 6.25. The van der Waals surface area contributed by atoms with Crippen LogP contribution >= 0.6 is 23.1 Å². The summed E-state index contributed by atoms with van der Waals surface area (Å²) in [4.78, 5) is 26.5. The van der Waals surface area contributed by atoms with Gasteiger partial charge in [0.15, 0.2) is 0 Å². The van der Waals surface area contributed by atoms with Gasteiger partial charge in [0.05, 0.1) is 17.9 Å². The van der Waals surface area contributed by atoms with Gasteiger partial charge >= 0.3 is 5.97 Å². The van der Waals surface area contributed by atoms with Gasteiger partial charge in [-0.25, -0.2) is 4.79 Å². The summed E-state index contributed by atoms with van der Waals surface area (Å²) in [6.07, 6.45) is 1.64. The number of thioether (sulfide) groups is 1. The van der Waals surface area contributed by atoms with Crippen molar-refractivity contribution in [1.82, 2.24) is 0 Å². The van der Waals surface area contributed by atoms with Gasteiger partial charge in [-0.2, -0.15) is 0 Å². The van der Waals surface area contributed by atoms with Crippen molar-refractivity contribution in [3.63, 3.8) is 0 Å². The zero-order chi connectivity index (χ0) is 21.1. The highest BCUT2D eigenvalue weighted by molar-refractivity contribution is 7.99. The molecule has 1 unspecified atom stereocenters. The van der Waals surface area contributed by atoms with Crippen LogP contribution < -0.4 is 5.32 Å². The number of methoxy groups -OCH3 is 1. The number of aryl methyl sites for hydroxylation is 1. The van der Waals surface area contributed by atoms with Crippen LogP contribution in [0.5, 0.6) is 0 Å². The van der Waals surface area contributed by atoms with Gasteiger partial charge in [-0.1, -0.05) is 54.6 Å². The summed E-state index contributed by atoms with van der Waals surface area (Å²) in [6.45, 7) is 1.89. The SMILES string of the molecule is COC(=O)c1c(NC(=O)C(C)SCc2ccccc2)sc2c1CCc1ccccc1-2. The average Bonchev–Trinajstić information content (AvgIpc) is 3.16. The zero-order valence-corrected chi connectivity index (χ0v) is 18.6. The number of carbonyl (C=O) groups is 2. The lowest BCUT2D eigenvalue weighted by molar-refractivity contribution is -0.115. The molecule has 0 saturated carbocycles. The summed E-state index contributed by atoms with van der Waals surface area (Å²) >= 11 is 3.04. The molecular weight excluding hydrogens is 414 g/mol. The van der Waals surface area contributed by atoms with E-state index in [0.717, 1.165) is 34.6 Å². The van der Waals surface area contributed by atoms with E-state index in [2.05, 4.69) is 29.6 Å². The van der Waals surface area contributed by atoms with Crippen LogP contribution in [0, 0.1) is 0 Å². The molecule has 3 aromatic rings. The Morgan fingerprint density at radius 2 is 1.83 bits per heavy atom. The number of fused-ring (bicyclic) bond motifs is 3. The highest BCUT2D eigenvalue weighted by atomic mass is 32.2. The van der Waals surface area contributed by atoms with Gasteiger partial charge in [-0.3, -0.25) is 4.79 Å². The van der Waals surface area contributed by atoms with Crippen LogP contribution in [-0.2, 0) is 28.1 Å². The van der Waals surface area contributed by atoms with E-state index >= 15 is 0 Å². The van der Waals surface area contributed by atoms with Crippen molar-refractivity contribution in [3.8, 4) is 10.4 Å². The lowest BCUT2D eigenvalue weighted by Crippen LogP contribution is -2.23. The van der Waals surface area contributed by atoms with E-state index in [1.807, 2.05) is 37.3 Å². The maximum absolute atomic E-state index is 12.9. The van der Waals surface area contributed by atoms with Crippen molar-refractivity contribution in [1.29, 1.82) is 0 Å². The molecule has 4 nitrogen and oxygen atoms in total. The first-order valence-electron chi connectivity index (χ1n) is 9.87. The van der Waals surface area contributed by atoms with Crippen LogP contribution in [0.4, 0.5) is 5.00 Å². The molecule has 0 spiro atoms. The molecular formula is C24H23NO3S2. The molecule has 0 bridgehead atoms. The lowest BCUT2D eigenvalue weighted by atomic mass is 9.89. The molecule has 0 saturated heterocycles. The first-order valence-corrected chi connectivity index (χ1v) is 11.7. The number of nitrogens with one attached hydrogen (secondary N) is 1. The normalized spacial score (nSPS) is 13.1. The number of hydrogen-bond acceptors (Lipinski definition) is 5. The van der Waals surface area contributed by atoms with E-state index in [1.54, 1.807) is 11.8 Å². The Morgan fingerprint density at radius 3 is 2.60 bits per heavy atom. The third-order valence-corrected chi connectivity index (χ3v) is 7.65. The molecule has 30 heavy (non-hydrogen) atoms. The Labute approximate surface area is 184 Å². The molecule has 1 heterocycles. The molecule has 154 valence electrons. The van der Waals surface area contributed by atoms with Crippen molar-refractivity contribution in [2.45, 2.75) is 30.8 Å². The number of amides is 1. The van der Waals surface area contributed by atoms with Crippen LogP contribution in [0.3, 0.4) is 0 Å². The highest BCUT2D eigenvalue weighted by Crippen LogP contribution is 2.45. The van der Waals surface area contributed by atoms with Crippen LogP contribution in [0.15, 0.2) is 54.6 Å². The summed E-state index contributed by atoms with van der Waals surface area (Å²) in [5.41, 5.74) is 5.07. The van der Waals surface area contributed by atoms with Gasteiger partial charge in [0.25, 0.3) is 0 Å². The first kappa shape index (κ1) is 20.7. The largest absolute Gasteiger partial charge is 0.465 e. The second-order valence-corrected chi connectivity index (χ2v) is 9.54. The van der Waals surface area contributed by atoms with Crippen LogP contribution in [0.1, 0.15) is 34.0 Å². The summed E-state index contributed by atoms with van der Waals surface area (Å²) in [5, 5.41) is 3.34. The molecule has 1 N–H and O–H groups in total. The maximum atomic E-state index is 12.9. The quantitative estimate of drug-likeness (QED) is 0.513. The second-order valence-electron chi connectivity index (χ2n) is 7.19. The monoisotopic (exact) mass is 437 g/mol. The fourth-order valence-electron chi connectivity index (χ4n) is 3.63. The van der Waals surface area contributed by atoms with E-state index in [4.69, 9.17) is 4.74 Å². The third-order valence-electron chi connectivity index (χ3n) is 5.25. The van der Waals surface area contributed by atoms with Crippen LogP contribution in [0.2, 0.25) is 0 Å². The van der Waals surface area contributed by atoms with Crippen molar-refractivity contribution in [3.05, 3.63) is 76.9 Å². The number of hydrogen-bond donors (Lipinski definition) is 1. The molecule has 1 amide bonds. The van der Waals surface area contributed by atoms with Gasteiger partial charge in [-0.15, -0.1) is 23.1 Å². The fourth-order valence-corrected chi connectivity index (χ4v) is 5.78. The maximum Gasteiger partial charge on any atom is 0.341 e. The minimum atomic E-state index is -0.397. The fraction of sp³-hybridized carbons (Fsp3) is 0.250. The highest BCUT2D eigenvalue weighted by Gasteiger charge is 2.30. The van der Waals surface area contributed by atoms with Crippen molar-refractivity contribution in [2.24, 2.45) is 0 Å². The molecule has 4 rings (SSSR count). The zero-order valence-electron chi connectivity index (χ0n) is 16.9. The molecule has 1 aliphatic rings. The van der Waals surface area contributed by atoms with E-state index in [-0.39, 0.29) is 11.2 Å². The predicted molar refractivity (Wildman–Crippen MR) is 124 cm³/mol. The molecule has 6 heteroatoms. The number of ether oxygens (including phenoxy) is 1. The van der Waals surface area contributed by atoms with Crippen molar-refractivity contribution in [2.75, 3.05) is 12.4 Å². The summed E-state index contributed by atoms with van der Waals surface area (Å²) in [7, 11) is 1.38. The number of esters is 1. The summed E-state index contributed by atoms with van der Waals surface area (Å²) in [6, 6.07) is 18.3. The van der Waals surface area contributed by atoms with Crippen molar-refractivity contribution < 1.29 is 14.3 Å². The first-order chi connectivity index (χ1) is 14.6. The third kappa shape index (κ3) is 4.16. The van der Waals surface area contributed by atoms with Gasteiger partial charge in [0.2, 0.25) is 5.91 Å². The Hall–Kier alpha value is -2.57. The van der Waals surface area contributed by atoms with Gasteiger partial charge in [0, 0.05) is 10.6 Å². The molecule has 1 atom stereocenters. The summed E-state index contributed by atoms with van der Waals surface area (Å²) < 4.78 is 5.05. The smallest absolute Gasteiger partial charge is 0.341 e. The van der Waals surface area contributed by atoms with Gasteiger partial charge < -0.3 is 10.1 Å². The number of thiophene rings is 1. The summed E-state index contributed by atoms with van der Waals surface area (Å²) in [5.74, 6) is 0.257. The minimum absolute atomic E-state index is 0.104. The van der Waals surface area contributed by atoms with E-state index in [9.17, 15) is 9.59 Å². The minimum Gasteiger partial charge on any atom is -0.465 e. The second kappa shape index (κ2) is 9.06. The van der Waals surface area contributed by atoms with Crippen LogP contribution in [0.25, 0.3) is 10.4 Å². The lowest BCUT2D eigenvalue weighted by Gasteiger charge is -2.16. The van der Waals surface area contributed by atoms with Gasteiger partial charge in [-0.05, 0) is 42.0 Å². The number of anilines is 1. The molecule has 0 radical (unpaired) electrons. The Morgan fingerprint density at radius 1 is 1.10 bits per heavy atom. The van der Waals surface area contributed by atoms with E-state index in [0.29, 0.717) is 10.6 Å². The standard InChI is InChI=1S/C24H23NO3S2/c1-15(29-14-16-8-4-3-5-9-16)22(26)25-23-20(24(27)28-2)19-13-12-17-10-6-7-11-18(17)21(19)30-23/h3-11,15H,12-14H2,1-2H3,(H,25,26). The number of benzene rings is 2. The van der Waals surface area contributed by atoms with Crippen LogP contribution in [-0.4, -0.2) is 24.2 Å². The van der Waals surface area contributed by atoms with Gasteiger partial charge in [0.1, 0.15) is 5.00 Å². The molecule has 0 fully saturated rings. The molecule has 1 aliphatic carbocycles. The molecule has 2 aromatic carbocycles. The Balaban J connectivity index is 1.57. The number of rotatable bonds is 6. The van der Waals surface area contributed by atoms with Crippen molar-refractivity contribution >= 4 is 40.0 Å². The number of carbonyl (C=O) groups excluding carboxylic acids is 2. The molecule has 1 aromatic heterocycles. The van der Waals surface area contributed by atoms with E-state index < -0.39 is 5.97 Å². The molecule has 0 aliphatic heterocycles. The average molecular weight is 438 g/mol. The van der Waals surface area contributed by atoms with E-state index in [1.165, 1.54) is 29.6 Å². The Bertz CT molecular complexity index is 1080. The topological polar surface area (TPSA) is 55.4 Å². The predicted octanol–water partition coefficient (Wildman–Crippen LogP) is 5.56.